The van der Waals surface area contributed by atoms with Gasteiger partial charge in [-0.1, -0.05) is 0 Å². The number of carbonyl (C=O) groups is 2. The lowest BCUT2D eigenvalue weighted by Crippen LogP contribution is -2.36. The summed E-state index contributed by atoms with van der Waals surface area (Å²) in [7, 11) is 0. The molecule has 0 rings (SSSR count). The fraction of sp³-hybridized carbons (Fsp3) is 0.600. The van der Waals surface area contributed by atoms with Crippen molar-refractivity contribution in [2.45, 2.75) is 12.2 Å². The van der Waals surface area contributed by atoms with E-state index in [-0.39, 0.29) is 6.47 Å². The monoisotopic (exact) mass is 164 g/mol. The first-order valence-corrected chi connectivity index (χ1v) is 2.73. The Morgan fingerprint density at radius 3 is 2.45 bits per heavy atom. The van der Waals surface area contributed by atoms with Gasteiger partial charge in [0, 0.05) is 0 Å². The van der Waals surface area contributed by atoms with E-state index in [9.17, 15) is 9.59 Å². The number of ether oxygens (including phenoxy) is 1. The first-order chi connectivity index (χ1) is 5.09. The van der Waals surface area contributed by atoms with Gasteiger partial charge in [-0.15, -0.1) is 0 Å². The molecule has 0 aromatic rings. The number of aliphatic hydroxyl groups excluding tert-OH is 2. The van der Waals surface area contributed by atoms with Crippen molar-refractivity contribution in [2.75, 3.05) is 6.61 Å². The summed E-state index contributed by atoms with van der Waals surface area (Å²) < 4.78 is 4.01. The van der Waals surface area contributed by atoms with Gasteiger partial charge in [-0.05, 0) is 0 Å². The van der Waals surface area contributed by atoms with Crippen molar-refractivity contribution in [1.29, 1.82) is 0 Å². The number of rotatable bonds is 5. The molecule has 0 bridgehead atoms. The van der Waals surface area contributed by atoms with Crippen molar-refractivity contribution in [3.05, 3.63) is 0 Å². The van der Waals surface area contributed by atoms with Crippen molar-refractivity contribution in [3.63, 3.8) is 0 Å². The third-order valence-electron chi connectivity index (χ3n) is 0.953. The van der Waals surface area contributed by atoms with Crippen LogP contribution in [0, 0.1) is 0 Å². The Kier molecular flexibility index (Phi) is 4.16. The van der Waals surface area contributed by atoms with Gasteiger partial charge in [0.05, 0.1) is 0 Å². The van der Waals surface area contributed by atoms with Gasteiger partial charge in [0.1, 0.15) is 12.7 Å². The standard InChI is InChI=1S/C5H8O6/c6-2-11-1-3(7)4(8)5(9)10/h2-4,7-8H,1H2,(H,9,10)/t3-,4-/m1/s1. The molecule has 64 valence electrons. The van der Waals surface area contributed by atoms with Gasteiger partial charge in [0.2, 0.25) is 0 Å². The first kappa shape index (κ1) is 9.86. The predicted molar refractivity (Wildman–Crippen MR) is 31.7 cm³/mol. The Bertz CT molecular complexity index is 144. The van der Waals surface area contributed by atoms with Crippen molar-refractivity contribution in [2.24, 2.45) is 0 Å². The molecule has 0 aromatic heterocycles. The molecule has 0 fully saturated rings. The van der Waals surface area contributed by atoms with E-state index >= 15 is 0 Å². The van der Waals surface area contributed by atoms with E-state index in [0.29, 0.717) is 0 Å². The van der Waals surface area contributed by atoms with Crippen LogP contribution in [-0.2, 0) is 14.3 Å². The Hall–Kier alpha value is -1.14. The molecular formula is C5H8O6. The average Bonchev–Trinajstić information content (AvgIpc) is 1.98. The third-order valence-corrected chi connectivity index (χ3v) is 0.953. The molecule has 0 spiro atoms. The first-order valence-electron chi connectivity index (χ1n) is 2.73. The van der Waals surface area contributed by atoms with Crippen LogP contribution >= 0.6 is 0 Å². The van der Waals surface area contributed by atoms with Gasteiger partial charge in [-0.3, -0.25) is 4.79 Å². The number of hydrogen-bond donors (Lipinski definition) is 3. The van der Waals surface area contributed by atoms with E-state index in [2.05, 4.69) is 4.74 Å². The Labute approximate surface area is 62.0 Å². The highest BCUT2D eigenvalue weighted by molar-refractivity contribution is 5.72. The minimum atomic E-state index is -1.92. The van der Waals surface area contributed by atoms with E-state index in [0.717, 1.165) is 0 Å². The Balaban J connectivity index is 3.72. The van der Waals surface area contributed by atoms with Gasteiger partial charge in [-0.25, -0.2) is 4.79 Å². The second-order valence-corrected chi connectivity index (χ2v) is 1.78. The summed E-state index contributed by atoms with van der Waals surface area (Å²) in [5.74, 6) is -1.56. The quantitative estimate of drug-likeness (QED) is 0.404. The minimum absolute atomic E-state index is 0.0534. The number of carbonyl (C=O) groups excluding carboxylic acids is 1. The number of aliphatic carboxylic acids is 1. The van der Waals surface area contributed by atoms with Gasteiger partial charge < -0.3 is 20.1 Å². The highest BCUT2D eigenvalue weighted by Crippen LogP contribution is 1.93. The van der Waals surface area contributed by atoms with Gasteiger partial charge in [-0.2, -0.15) is 0 Å². The molecule has 11 heavy (non-hydrogen) atoms. The van der Waals surface area contributed by atoms with E-state index in [1.54, 1.807) is 0 Å². The maximum absolute atomic E-state index is 9.95. The van der Waals surface area contributed by atoms with E-state index < -0.39 is 24.8 Å². The molecular weight excluding hydrogens is 156 g/mol. The molecule has 2 atom stereocenters. The Morgan fingerprint density at radius 1 is 1.55 bits per heavy atom. The van der Waals surface area contributed by atoms with Crippen LogP contribution in [0.3, 0.4) is 0 Å². The molecule has 6 nitrogen and oxygen atoms in total. The van der Waals surface area contributed by atoms with E-state index in [1.807, 2.05) is 0 Å². The summed E-state index contributed by atoms with van der Waals surface area (Å²) in [6, 6.07) is 0. The van der Waals surface area contributed by atoms with Crippen molar-refractivity contribution in [3.8, 4) is 0 Å². The molecule has 6 heteroatoms. The van der Waals surface area contributed by atoms with Crippen LogP contribution in [0.1, 0.15) is 0 Å². The zero-order valence-corrected chi connectivity index (χ0v) is 5.51. The maximum atomic E-state index is 9.95. The molecule has 0 aliphatic rings. The molecule has 0 aliphatic carbocycles. The number of hydrogen-bond acceptors (Lipinski definition) is 5. The van der Waals surface area contributed by atoms with Gasteiger partial charge in [0.15, 0.2) is 6.10 Å². The van der Waals surface area contributed by atoms with Crippen LogP contribution in [0.4, 0.5) is 0 Å². The molecule has 3 N–H and O–H groups in total. The lowest BCUT2D eigenvalue weighted by Gasteiger charge is -2.11. The lowest BCUT2D eigenvalue weighted by atomic mass is 10.2. The van der Waals surface area contributed by atoms with E-state index in [4.69, 9.17) is 15.3 Å². The molecule has 0 aromatic carbocycles. The number of aliphatic hydroxyl groups is 2. The average molecular weight is 164 g/mol. The third kappa shape index (κ3) is 3.54. The number of carboxylic acids is 1. The maximum Gasteiger partial charge on any atom is 0.335 e. The fourth-order valence-electron chi connectivity index (χ4n) is 0.394. The lowest BCUT2D eigenvalue weighted by molar-refractivity contribution is -0.157. The smallest absolute Gasteiger partial charge is 0.335 e. The summed E-state index contributed by atoms with van der Waals surface area (Å²) >= 11 is 0. The molecule has 0 unspecified atom stereocenters. The molecule has 0 aliphatic heterocycles. The zero-order valence-electron chi connectivity index (χ0n) is 5.51. The van der Waals surface area contributed by atoms with Crippen LogP contribution < -0.4 is 0 Å². The van der Waals surface area contributed by atoms with Crippen molar-refractivity contribution >= 4 is 12.4 Å². The minimum Gasteiger partial charge on any atom is -0.479 e. The highest BCUT2D eigenvalue weighted by Gasteiger charge is 2.23. The largest absolute Gasteiger partial charge is 0.479 e. The second-order valence-electron chi connectivity index (χ2n) is 1.78. The van der Waals surface area contributed by atoms with Gasteiger partial charge in [0.25, 0.3) is 6.47 Å². The predicted octanol–water partition coefficient (Wildman–Crippen LogP) is -2.03. The van der Waals surface area contributed by atoms with Crippen LogP contribution in [0.25, 0.3) is 0 Å². The summed E-state index contributed by atoms with van der Waals surface area (Å²) in [5.41, 5.74) is 0. The second kappa shape index (κ2) is 4.64. The van der Waals surface area contributed by atoms with Crippen LogP contribution in [0.2, 0.25) is 0 Å². The Morgan fingerprint density at radius 2 is 2.09 bits per heavy atom. The molecule has 0 radical (unpaired) electrons. The molecule has 0 saturated heterocycles. The summed E-state index contributed by atoms with van der Waals surface area (Å²) in [6.45, 7) is -0.477. The highest BCUT2D eigenvalue weighted by atomic mass is 16.5. The summed E-state index contributed by atoms with van der Waals surface area (Å²) in [4.78, 5) is 19.5. The topological polar surface area (TPSA) is 104 Å². The fourth-order valence-corrected chi connectivity index (χ4v) is 0.394. The summed E-state index contributed by atoms with van der Waals surface area (Å²) in [5, 5.41) is 25.4. The SMILES string of the molecule is O=COC[C@@H](O)[C@@H](O)C(=O)O. The van der Waals surface area contributed by atoms with Gasteiger partial charge >= 0.3 is 5.97 Å². The summed E-state index contributed by atoms with van der Waals surface area (Å²) in [6.07, 6.45) is -3.51. The van der Waals surface area contributed by atoms with Crippen LogP contribution in [0.5, 0.6) is 0 Å². The number of carboxylic acid groups (broad SMARTS) is 1. The van der Waals surface area contributed by atoms with Crippen LogP contribution in [-0.4, -0.2) is 46.6 Å². The van der Waals surface area contributed by atoms with Crippen LogP contribution in [0.15, 0.2) is 0 Å². The molecule has 0 saturated carbocycles. The van der Waals surface area contributed by atoms with Crippen molar-refractivity contribution in [1.82, 2.24) is 0 Å². The molecule has 0 amide bonds. The molecule has 0 heterocycles. The zero-order chi connectivity index (χ0) is 8.85. The normalized spacial score (nSPS) is 15.1. The van der Waals surface area contributed by atoms with E-state index in [1.165, 1.54) is 0 Å². The van der Waals surface area contributed by atoms with Crippen molar-refractivity contribution < 1.29 is 29.6 Å².